The molecule has 3 heterocycles. The number of likely N-dealkylation sites (tertiary alicyclic amines) is 1. The van der Waals surface area contributed by atoms with Gasteiger partial charge in [0.25, 0.3) is 0 Å². The summed E-state index contributed by atoms with van der Waals surface area (Å²) in [5.74, 6) is -0.760. The summed E-state index contributed by atoms with van der Waals surface area (Å²) in [5.41, 5.74) is -1.64. The number of aliphatic carboxylic acids is 1. The van der Waals surface area contributed by atoms with Gasteiger partial charge in [0.15, 0.2) is 5.69 Å². The normalized spacial score (nSPS) is 18.1. The van der Waals surface area contributed by atoms with Gasteiger partial charge in [-0.05, 0) is 32.9 Å². The molecule has 38 heavy (non-hydrogen) atoms. The summed E-state index contributed by atoms with van der Waals surface area (Å²) in [6.45, 7) is 4.90. The van der Waals surface area contributed by atoms with Crippen LogP contribution in [0, 0.1) is 0 Å². The van der Waals surface area contributed by atoms with Crippen LogP contribution < -0.4 is 9.47 Å². The van der Waals surface area contributed by atoms with E-state index in [1.54, 1.807) is 32.9 Å². The Kier molecular flexibility index (Phi) is 7.36. The van der Waals surface area contributed by atoms with Crippen molar-refractivity contribution in [2.75, 3.05) is 13.7 Å². The summed E-state index contributed by atoms with van der Waals surface area (Å²) in [5, 5.41) is 11.1. The Bertz CT molecular complexity index is 1390. The van der Waals surface area contributed by atoms with Crippen molar-refractivity contribution in [1.29, 1.82) is 0 Å². The highest BCUT2D eigenvalue weighted by molar-refractivity contribution is 7.13. The van der Waals surface area contributed by atoms with E-state index in [-0.39, 0.29) is 45.7 Å². The summed E-state index contributed by atoms with van der Waals surface area (Å²) >= 11 is 7.22. The lowest BCUT2D eigenvalue weighted by atomic mass is 10.1. The maximum absolute atomic E-state index is 13.2. The first-order valence-electron chi connectivity index (χ1n) is 11.3. The van der Waals surface area contributed by atoms with Crippen molar-refractivity contribution < 1.29 is 42.1 Å². The first-order valence-corrected chi connectivity index (χ1v) is 12.5. The third kappa shape index (κ3) is 5.73. The standard InChI is InChI=1S/C24H23ClF3N3O6S/c1-23(2,3)37-22(34)31-9-11(7-14(31)21(32)33)36-16-8-13(20-30-17(10-38-20)24(26,27)28)29-19-12(16)5-6-15(35-4)18(19)25/h5-6,8,10-11,14H,7,9H2,1-4H3,(H,32,33)/t11-,14-/m0/s1. The van der Waals surface area contributed by atoms with E-state index in [4.69, 9.17) is 25.8 Å². The summed E-state index contributed by atoms with van der Waals surface area (Å²) in [4.78, 5) is 33.7. The molecule has 0 spiro atoms. The van der Waals surface area contributed by atoms with E-state index in [0.29, 0.717) is 5.39 Å². The SMILES string of the molecule is COc1ccc2c(O[C@H]3C[C@@H](C(=O)O)N(C(=O)OC(C)(C)C)C3)cc(-c3nc(C(F)(F)F)cs3)nc2c1Cl. The number of halogens is 4. The molecule has 14 heteroatoms. The Morgan fingerprint density at radius 1 is 1.18 bits per heavy atom. The lowest BCUT2D eigenvalue weighted by Gasteiger charge is -2.26. The van der Waals surface area contributed by atoms with E-state index in [1.807, 2.05) is 0 Å². The second kappa shape index (κ2) is 10.1. The number of carbonyl (C=O) groups is 2. The number of alkyl halides is 3. The number of carbonyl (C=O) groups excluding carboxylic acids is 1. The third-order valence-corrected chi connectivity index (χ3v) is 6.78. The fraction of sp³-hybridized carbons (Fsp3) is 0.417. The molecule has 0 radical (unpaired) electrons. The predicted molar refractivity (Wildman–Crippen MR) is 133 cm³/mol. The molecule has 1 saturated heterocycles. The van der Waals surface area contributed by atoms with Crippen LogP contribution in [0.1, 0.15) is 32.9 Å². The van der Waals surface area contributed by atoms with Crippen LogP contribution in [0.15, 0.2) is 23.6 Å². The summed E-state index contributed by atoms with van der Waals surface area (Å²) in [7, 11) is 1.40. The van der Waals surface area contributed by atoms with Gasteiger partial charge < -0.3 is 19.3 Å². The van der Waals surface area contributed by atoms with Crippen molar-refractivity contribution >= 4 is 45.9 Å². The van der Waals surface area contributed by atoms with Crippen LogP contribution in [0.2, 0.25) is 5.02 Å². The number of fused-ring (bicyclic) bond motifs is 1. The molecule has 1 fully saturated rings. The number of carboxylic acids is 1. The van der Waals surface area contributed by atoms with Crippen LogP contribution in [0.25, 0.3) is 21.6 Å². The first-order chi connectivity index (χ1) is 17.7. The van der Waals surface area contributed by atoms with Crippen molar-refractivity contribution in [3.63, 3.8) is 0 Å². The monoisotopic (exact) mass is 573 g/mol. The number of hydrogen-bond donors (Lipinski definition) is 1. The van der Waals surface area contributed by atoms with Crippen LogP contribution in [0.3, 0.4) is 0 Å². The van der Waals surface area contributed by atoms with Gasteiger partial charge in [0.05, 0.1) is 19.2 Å². The molecule has 1 aliphatic rings. The molecular weight excluding hydrogens is 551 g/mol. The van der Waals surface area contributed by atoms with E-state index < -0.39 is 41.7 Å². The van der Waals surface area contributed by atoms with E-state index in [0.717, 1.165) is 21.6 Å². The van der Waals surface area contributed by atoms with Gasteiger partial charge in [-0.15, -0.1) is 11.3 Å². The quantitative estimate of drug-likeness (QED) is 0.403. The van der Waals surface area contributed by atoms with Gasteiger partial charge in [-0.2, -0.15) is 13.2 Å². The molecule has 0 aliphatic carbocycles. The second-order valence-corrected chi connectivity index (χ2v) is 10.7. The second-order valence-electron chi connectivity index (χ2n) is 9.48. The largest absolute Gasteiger partial charge is 0.495 e. The average molecular weight is 574 g/mol. The summed E-state index contributed by atoms with van der Waals surface area (Å²) < 4.78 is 56.2. The number of benzene rings is 1. The van der Waals surface area contributed by atoms with Gasteiger partial charge in [-0.3, -0.25) is 4.90 Å². The molecule has 4 rings (SSSR count). The molecule has 3 aromatic rings. The number of thiazole rings is 1. The third-order valence-electron chi connectivity index (χ3n) is 5.55. The highest BCUT2D eigenvalue weighted by Crippen LogP contribution is 2.40. The minimum atomic E-state index is -4.63. The smallest absolute Gasteiger partial charge is 0.434 e. The number of methoxy groups -OCH3 is 1. The minimum absolute atomic E-state index is 0.0202. The molecule has 0 saturated carbocycles. The molecule has 1 aromatic carbocycles. The van der Waals surface area contributed by atoms with Crippen LogP contribution >= 0.6 is 22.9 Å². The van der Waals surface area contributed by atoms with Crippen LogP contribution in [-0.2, 0) is 15.7 Å². The topological polar surface area (TPSA) is 111 Å². The molecule has 2 aromatic heterocycles. The van der Waals surface area contributed by atoms with Gasteiger partial charge in [0.2, 0.25) is 0 Å². The van der Waals surface area contributed by atoms with Gasteiger partial charge in [0.1, 0.15) is 45.0 Å². The predicted octanol–water partition coefficient (Wildman–Crippen LogP) is 5.88. The Balaban J connectivity index is 1.74. The summed E-state index contributed by atoms with van der Waals surface area (Å²) in [6, 6.07) is 3.41. The lowest BCUT2D eigenvalue weighted by molar-refractivity contribution is -0.142. The molecule has 1 aliphatic heterocycles. The fourth-order valence-corrected chi connectivity index (χ4v) is 4.98. The van der Waals surface area contributed by atoms with E-state index in [1.165, 1.54) is 13.2 Å². The highest BCUT2D eigenvalue weighted by atomic mass is 35.5. The zero-order chi connectivity index (χ0) is 28.0. The Hall–Kier alpha value is -3.32. The van der Waals surface area contributed by atoms with E-state index >= 15 is 0 Å². The average Bonchev–Trinajstić information content (AvgIpc) is 3.46. The Morgan fingerprint density at radius 3 is 2.47 bits per heavy atom. The molecule has 0 unspecified atom stereocenters. The number of pyridine rings is 1. The van der Waals surface area contributed by atoms with Gasteiger partial charge >= 0.3 is 18.2 Å². The van der Waals surface area contributed by atoms with Gasteiger partial charge in [0, 0.05) is 23.3 Å². The summed E-state index contributed by atoms with van der Waals surface area (Å²) in [6.07, 6.45) is -6.25. The molecule has 1 amide bonds. The van der Waals surface area contributed by atoms with Crippen molar-refractivity contribution in [1.82, 2.24) is 14.9 Å². The van der Waals surface area contributed by atoms with Crippen LogP contribution in [0.5, 0.6) is 11.5 Å². The molecule has 0 bridgehead atoms. The number of carboxylic acid groups (broad SMARTS) is 1. The fourth-order valence-electron chi connectivity index (χ4n) is 3.91. The number of amides is 1. The van der Waals surface area contributed by atoms with Crippen molar-refractivity contribution in [2.45, 2.75) is 51.1 Å². The lowest BCUT2D eigenvalue weighted by Crippen LogP contribution is -2.43. The van der Waals surface area contributed by atoms with Crippen molar-refractivity contribution in [3.05, 3.63) is 34.3 Å². The number of ether oxygens (including phenoxy) is 3. The number of aromatic nitrogens is 2. The van der Waals surface area contributed by atoms with Crippen LogP contribution in [0.4, 0.5) is 18.0 Å². The zero-order valence-electron chi connectivity index (χ0n) is 20.6. The number of nitrogens with zero attached hydrogens (tertiary/aromatic N) is 3. The van der Waals surface area contributed by atoms with Crippen molar-refractivity contribution in [2.24, 2.45) is 0 Å². The van der Waals surface area contributed by atoms with E-state index in [2.05, 4.69) is 9.97 Å². The maximum Gasteiger partial charge on any atom is 0.434 e. The number of hydrogen-bond acceptors (Lipinski definition) is 8. The molecule has 2 atom stereocenters. The Morgan fingerprint density at radius 2 is 1.89 bits per heavy atom. The zero-order valence-corrected chi connectivity index (χ0v) is 22.2. The molecule has 1 N–H and O–H groups in total. The van der Waals surface area contributed by atoms with Crippen LogP contribution in [-0.4, -0.2) is 63.4 Å². The first kappa shape index (κ1) is 27.7. The molecule has 204 valence electrons. The molecular formula is C24H23ClF3N3O6S. The van der Waals surface area contributed by atoms with E-state index in [9.17, 15) is 27.9 Å². The van der Waals surface area contributed by atoms with Gasteiger partial charge in [-0.1, -0.05) is 11.6 Å². The number of rotatable bonds is 5. The minimum Gasteiger partial charge on any atom is -0.495 e. The molecule has 9 nitrogen and oxygen atoms in total. The highest BCUT2D eigenvalue weighted by Gasteiger charge is 2.43. The van der Waals surface area contributed by atoms with Gasteiger partial charge in [-0.25, -0.2) is 19.6 Å². The van der Waals surface area contributed by atoms with Crippen molar-refractivity contribution in [3.8, 4) is 22.2 Å². The maximum atomic E-state index is 13.2. The Labute approximate surface area is 224 Å².